The number of carbonyl (C=O) groups is 2. The van der Waals surface area contributed by atoms with Crippen molar-refractivity contribution < 1.29 is 19.4 Å². The predicted molar refractivity (Wildman–Crippen MR) is 86.4 cm³/mol. The molecule has 126 valence electrons. The lowest BCUT2D eigenvalue weighted by Gasteiger charge is -2.31. The first kappa shape index (κ1) is 16.0. The number of benzene rings is 1. The lowest BCUT2D eigenvalue weighted by molar-refractivity contribution is 0.0696. The SMILES string of the molecule is COc1cc(C(=O)O)cc(C(=O)N2CCC(c3ncc[nH]3)CC2)c1. The molecule has 2 aromatic rings. The number of carboxylic acids is 1. The molecule has 1 aliphatic rings. The lowest BCUT2D eigenvalue weighted by atomic mass is 9.95. The fraction of sp³-hybridized carbons (Fsp3) is 0.353. The Hall–Kier alpha value is -2.83. The highest BCUT2D eigenvalue weighted by Crippen LogP contribution is 2.27. The number of ether oxygens (including phenoxy) is 1. The third kappa shape index (κ3) is 3.24. The molecule has 24 heavy (non-hydrogen) atoms. The smallest absolute Gasteiger partial charge is 0.335 e. The summed E-state index contributed by atoms with van der Waals surface area (Å²) in [6.07, 6.45) is 5.19. The summed E-state index contributed by atoms with van der Waals surface area (Å²) in [6.45, 7) is 1.23. The molecule has 0 unspecified atom stereocenters. The van der Waals surface area contributed by atoms with Crippen LogP contribution < -0.4 is 4.74 Å². The van der Waals surface area contributed by atoms with Gasteiger partial charge in [0.2, 0.25) is 0 Å². The van der Waals surface area contributed by atoms with Crippen molar-refractivity contribution in [2.75, 3.05) is 20.2 Å². The van der Waals surface area contributed by atoms with Crippen LogP contribution >= 0.6 is 0 Å². The number of nitrogens with zero attached hydrogens (tertiary/aromatic N) is 2. The minimum Gasteiger partial charge on any atom is -0.497 e. The largest absolute Gasteiger partial charge is 0.497 e. The third-order valence-corrected chi connectivity index (χ3v) is 4.32. The van der Waals surface area contributed by atoms with Gasteiger partial charge in [0.1, 0.15) is 11.6 Å². The number of likely N-dealkylation sites (tertiary alicyclic amines) is 1. The molecular formula is C17H19N3O4. The number of hydrogen-bond acceptors (Lipinski definition) is 4. The summed E-state index contributed by atoms with van der Waals surface area (Å²) in [5, 5.41) is 9.17. The van der Waals surface area contributed by atoms with Gasteiger partial charge in [-0.05, 0) is 31.0 Å². The molecule has 3 rings (SSSR count). The Morgan fingerprint density at radius 1 is 1.25 bits per heavy atom. The van der Waals surface area contributed by atoms with E-state index in [-0.39, 0.29) is 11.5 Å². The van der Waals surface area contributed by atoms with Gasteiger partial charge in [-0.25, -0.2) is 9.78 Å². The second kappa shape index (κ2) is 6.74. The molecule has 1 fully saturated rings. The number of aromatic amines is 1. The van der Waals surface area contributed by atoms with Gasteiger partial charge in [-0.15, -0.1) is 0 Å². The predicted octanol–water partition coefficient (Wildman–Crippen LogP) is 2.14. The molecule has 1 aliphatic heterocycles. The van der Waals surface area contributed by atoms with Gasteiger partial charge in [0.15, 0.2) is 0 Å². The van der Waals surface area contributed by atoms with E-state index in [0.717, 1.165) is 18.7 Å². The molecule has 0 saturated carbocycles. The summed E-state index contributed by atoms with van der Waals surface area (Å²) in [6, 6.07) is 4.38. The minimum absolute atomic E-state index is 0.0446. The number of H-pyrrole nitrogens is 1. The van der Waals surface area contributed by atoms with E-state index in [9.17, 15) is 14.7 Å². The standard InChI is InChI=1S/C17H19N3O4/c1-24-14-9-12(8-13(10-14)17(22)23)16(21)20-6-2-11(3-7-20)15-18-4-5-19-15/h4-5,8-11H,2-3,6-7H2,1H3,(H,18,19)(H,22,23). The number of aromatic carboxylic acids is 1. The number of methoxy groups -OCH3 is 1. The maximum absolute atomic E-state index is 12.7. The zero-order valence-electron chi connectivity index (χ0n) is 13.4. The van der Waals surface area contributed by atoms with Crippen LogP contribution in [0.5, 0.6) is 5.75 Å². The molecule has 7 nitrogen and oxygen atoms in total. The zero-order chi connectivity index (χ0) is 17.1. The fourth-order valence-corrected chi connectivity index (χ4v) is 3.00. The Morgan fingerprint density at radius 3 is 2.54 bits per heavy atom. The second-order valence-electron chi connectivity index (χ2n) is 5.80. The van der Waals surface area contributed by atoms with Crippen LogP contribution in [0.2, 0.25) is 0 Å². The van der Waals surface area contributed by atoms with E-state index in [1.807, 2.05) is 0 Å². The van der Waals surface area contributed by atoms with Gasteiger partial charge in [0, 0.05) is 37.0 Å². The van der Waals surface area contributed by atoms with Crippen molar-refractivity contribution in [3.63, 3.8) is 0 Å². The summed E-state index contributed by atoms with van der Waals surface area (Å²) in [4.78, 5) is 33.0. The topological polar surface area (TPSA) is 95.5 Å². The Labute approximate surface area is 139 Å². The van der Waals surface area contributed by atoms with Crippen molar-refractivity contribution in [3.8, 4) is 5.75 Å². The number of carbonyl (C=O) groups excluding carboxylic acids is 1. The summed E-state index contributed by atoms with van der Waals surface area (Å²) in [5.41, 5.74) is 0.381. The van der Waals surface area contributed by atoms with E-state index in [2.05, 4.69) is 9.97 Å². The van der Waals surface area contributed by atoms with E-state index in [1.165, 1.54) is 19.2 Å². The highest BCUT2D eigenvalue weighted by atomic mass is 16.5. The fourth-order valence-electron chi connectivity index (χ4n) is 3.00. The first-order valence-electron chi connectivity index (χ1n) is 7.79. The van der Waals surface area contributed by atoms with Gasteiger partial charge >= 0.3 is 5.97 Å². The van der Waals surface area contributed by atoms with Gasteiger partial charge in [0.05, 0.1) is 12.7 Å². The summed E-state index contributed by atoms with van der Waals surface area (Å²) < 4.78 is 5.10. The Morgan fingerprint density at radius 2 is 1.96 bits per heavy atom. The van der Waals surface area contributed by atoms with E-state index in [1.54, 1.807) is 23.4 Å². The number of hydrogen-bond donors (Lipinski definition) is 2. The summed E-state index contributed by atoms with van der Waals surface area (Å²) >= 11 is 0. The molecule has 1 amide bonds. The second-order valence-corrected chi connectivity index (χ2v) is 5.80. The number of nitrogens with one attached hydrogen (secondary N) is 1. The minimum atomic E-state index is -1.08. The number of imidazole rings is 1. The van der Waals surface area contributed by atoms with Crippen LogP contribution in [0, 0.1) is 0 Å². The molecule has 0 bridgehead atoms. The average molecular weight is 329 g/mol. The molecule has 1 saturated heterocycles. The molecule has 0 spiro atoms. The maximum Gasteiger partial charge on any atom is 0.335 e. The zero-order valence-corrected chi connectivity index (χ0v) is 13.4. The normalized spacial score (nSPS) is 15.3. The molecule has 1 aromatic carbocycles. The van der Waals surface area contributed by atoms with Crippen LogP contribution in [0.3, 0.4) is 0 Å². The van der Waals surface area contributed by atoms with Crippen LogP contribution in [0.4, 0.5) is 0 Å². The van der Waals surface area contributed by atoms with E-state index in [4.69, 9.17) is 4.74 Å². The average Bonchev–Trinajstić information content (AvgIpc) is 3.15. The van der Waals surface area contributed by atoms with Crippen molar-refractivity contribution >= 4 is 11.9 Å². The van der Waals surface area contributed by atoms with Gasteiger partial charge in [-0.2, -0.15) is 0 Å². The maximum atomic E-state index is 12.7. The van der Waals surface area contributed by atoms with Crippen molar-refractivity contribution in [1.29, 1.82) is 0 Å². The van der Waals surface area contributed by atoms with Gasteiger partial charge in [-0.3, -0.25) is 4.79 Å². The van der Waals surface area contributed by atoms with Crippen molar-refractivity contribution in [2.24, 2.45) is 0 Å². The molecule has 1 aromatic heterocycles. The molecule has 2 heterocycles. The Kier molecular flexibility index (Phi) is 4.50. The van der Waals surface area contributed by atoms with Gasteiger partial charge in [0.25, 0.3) is 5.91 Å². The van der Waals surface area contributed by atoms with E-state index in [0.29, 0.717) is 30.3 Å². The van der Waals surface area contributed by atoms with Crippen LogP contribution in [-0.2, 0) is 0 Å². The van der Waals surface area contributed by atoms with Crippen LogP contribution in [-0.4, -0.2) is 52.1 Å². The number of rotatable bonds is 4. The Bertz CT molecular complexity index is 734. The van der Waals surface area contributed by atoms with Crippen molar-refractivity contribution in [2.45, 2.75) is 18.8 Å². The quantitative estimate of drug-likeness (QED) is 0.896. The van der Waals surface area contributed by atoms with Crippen molar-refractivity contribution in [1.82, 2.24) is 14.9 Å². The highest BCUT2D eigenvalue weighted by Gasteiger charge is 2.26. The number of carboxylic acid groups (broad SMARTS) is 1. The molecule has 0 aliphatic carbocycles. The third-order valence-electron chi connectivity index (χ3n) is 4.32. The molecule has 0 atom stereocenters. The monoisotopic (exact) mass is 329 g/mol. The van der Waals surface area contributed by atoms with Gasteiger partial charge < -0.3 is 19.7 Å². The van der Waals surface area contributed by atoms with Crippen LogP contribution in [0.15, 0.2) is 30.6 Å². The Balaban J connectivity index is 1.73. The number of amides is 1. The molecule has 0 radical (unpaired) electrons. The number of piperidine rings is 1. The van der Waals surface area contributed by atoms with Crippen molar-refractivity contribution in [3.05, 3.63) is 47.5 Å². The number of aromatic nitrogens is 2. The molecule has 2 N–H and O–H groups in total. The highest BCUT2D eigenvalue weighted by molar-refractivity contribution is 5.98. The van der Waals surface area contributed by atoms with E-state index < -0.39 is 5.97 Å². The lowest BCUT2D eigenvalue weighted by Crippen LogP contribution is -2.38. The molecule has 7 heteroatoms. The summed E-state index contributed by atoms with van der Waals surface area (Å²) in [7, 11) is 1.45. The molecular weight excluding hydrogens is 310 g/mol. The first-order chi connectivity index (χ1) is 11.6. The van der Waals surface area contributed by atoms with E-state index >= 15 is 0 Å². The van der Waals surface area contributed by atoms with Crippen LogP contribution in [0.1, 0.15) is 45.3 Å². The summed E-state index contributed by atoms with van der Waals surface area (Å²) in [5.74, 6) is 0.387. The first-order valence-corrected chi connectivity index (χ1v) is 7.79. The van der Waals surface area contributed by atoms with Crippen LogP contribution in [0.25, 0.3) is 0 Å². The van der Waals surface area contributed by atoms with Gasteiger partial charge in [-0.1, -0.05) is 0 Å².